The SMILES string of the molecule is CCN(c1cc(-c2cccc(CN3CCOCC3)c2)cc(C(=O)NCc2c(C)cc(CNC3CCC(N(C)c4cc(-c5ccc(CN(C)C)cc5)cc(C(=O)NCc5c(C)cc(C)[nH]c5=O)c4C)CC3)[nH]c2=O)c1C)C1CCOCC1. The quantitative estimate of drug-likeness (QED) is 0.0495. The molecule has 3 fully saturated rings. The zero-order valence-electron chi connectivity index (χ0n) is 49.3. The Balaban J connectivity index is 0.855. The van der Waals surface area contributed by atoms with E-state index in [9.17, 15) is 19.2 Å². The molecular weight excluding hydrogens is 1010 g/mol. The number of rotatable bonds is 20. The molecular formula is C66H85N9O6. The van der Waals surface area contributed by atoms with E-state index in [1.165, 1.54) is 11.1 Å². The monoisotopic (exact) mass is 1100 g/mol. The fraction of sp³-hybridized carbons (Fsp3) is 0.455. The van der Waals surface area contributed by atoms with E-state index >= 15 is 0 Å². The van der Waals surface area contributed by atoms with Crippen LogP contribution in [0.5, 0.6) is 0 Å². The van der Waals surface area contributed by atoms with Crippen LogP contribution in [0.4, 0.5) is 11.4 Å². The van der Waals surface area contributed by atoms with Gasteiger partial charge in [-0.1, -0.05) is 42.5 Å². The molecule has 6 aromatic rings. The van der Waals surface area contributed by atoms with Gasteiger partial charge in [0.05, 0.1) is 13.2 Å². The van der Waals surface area contributed by atoms with E-state index in [4.69, 9.17) is 9.47 Å². The van der Waals surface area contributed by atoms with Crippen LogP contribution in [-0.2, 0) is 42.2 Å². The van der Waals surface area contributed by atoms with Crippen molar-refractivity contribution in [2.24, 2.45) is 0 Å². The second kappa shape index (κ2) is 26.8. The third-order valence-electron chi connectivity index (χ3n) is 17.1. The van der Waals surface area contributed by atoms with Gasteiger partial charge in [0.1, 0.15) is 0 Å². The molecule has 1 aliphatic carbocycles. The predicted molar refractivity (Wildman–Crippen MR) is 326 cm³/mol. The second-order valence-corrected chi connectivity index (χ2v) is 23.1. The first-order valence-corrected chi connectivity index (χ1v) is 29.2. The number of amides is 2. The number of anilines is 2. The van der Waals surface area contributed by atoms with Crippen LogP contribution >= 0.6 is 0 Å². The molecule has 2 amide bonds. The molecule has 430 valence electrons. The van der Waals surface area contributed by atoms with Crippen LogP contribution in [0, 0.1) is 34.6 Å². The number of nitrogens with one attached hydrogen (secondary N) is 5. The van der Waals surface area contributed by atoms with Crippen molar-refractivity contribution in [2.45, 2.75) is 131 Å². The first-order valence-electron chi connectivity index (χ1n) is 29.2. The van der Waals surface area contributed by atoms with Crippen molar-refractivity contribution in [3.8, 4) is 22.3 Å². The van der Waals surface area contributed by atoms with Gasteiger partial charge in [-0.3, -0.25) is 24.1 Å². The third-order valence-corrected chi connectivity index (χ3v) is 17.1. The normalized spacial score (nSPS) is 17.1. The van der Waals surface area contributed by atoms with Crippen LogP contribution in [-0.4, -0.2) is 117 Å². The number of hydrogen-bond donors (Lipinski definition) is 5. The number of pyridine rings is 2. The molecule has 9 rings (SSSR count). The number of aryl methyl sites for hydroxylation is 3. The highest BCUT2D eigenvalue weighted by molar-refractivity contribution is 6.00. The second-order valence-electron chi connectivity index (χ2n) is 23.1. The molecule has 4 heterocycles. The largest absolute Gasteiger partial charge is 0.381 e. The van der Waals surface area contributed by atoms with Crippen LogP contribution in [0.1, 0.15) is 122 Å². The predicted octanol–water partition coefficient (Wildman–Crippen LogP) is 9.24. The van der Waals surface area contributed by atoms with Crippen molar-refractivity contribution in [1.29, 1.82) is 0 Å². The number of ether oxygens (including phenoxy) is 2. The van der Waals surface area contributed by atoms with E-state index in [2.05, 4.69) is 134 Å². The number of carbonyl (C=O) groups excluding carboxylic acids is 2. The highest BCUT2D eigenvalue weighted by Gasteiger charge is 2.29. The number of aromatic amines is 2. The molecule has 15 heteroatoms. The molecule has 1 saturated carbocycles. The van der Waals surface area contributed by atoms with Gasteiger partial charge in [0.2, 0.25) is 0 Å². The minimum absolute atomic E-state index is 0.0998. The first kappa shape index (κ1) is 58.8. The highest BCUT2D eigenvalue weighted by Crippen LogP contribution is 2.37. The lowest BCUT2D eigenvalue weighted by Crippen LogP contribution is -2.41. The van der Waals surface area contributed by atoms with Crippen LogP contribution in [0.15, 0.2) is 94.5 Å². The number of nitrogens with zero attached hydrogens (tertiary/aromatic N) is 4. The summed E-state index contributed by atoms with van der Waals surface area (Å²) in [7, 11) is 6.25. The topological polar surface area (TPSA) is 167 Å². The average molecular weight is 1100 g/mol. The lowest BCUT2D eigenvalue weighted by atomic mass is 9.89. The van der Waals surface area contributed by atoms with Gasteiger partial charge in [-0.25, -0.2) is 0 Å². The molecule has 0 radical (unpaired) electrons. The molecule has 0 spiro atoms. The molecule has 4 aromatic carbocycles. The van der Waals surface area contributed by atoms with E-state index in [1.807, 2.05) is 58.9 Å². The number of morpholine rings is 1. The summed E-state index contributed by atoms with van der Waals surface area (Å²) in [6, 6.07) is 30.4. The van der Waals surface area contributed by atoms with Gasteiger partial charge in [-0.15, -0.1) is 0 Å². The Morgan fingerprint density at radius 3 is 1.81 bits per heavy atom. The highest BCUT2D eigenvalue weighted by atomic mass is 16.5. The van der Waals surface area contributed by atoms with Crippen molar-refractivity contribution in [2.75, 3.05) is 77.0 Å². The number of H-pyrrole nitrogens is 2. The molecule has 15 nitrogen and oxygen atoms in total. The summed E-state index contributed by atoms with van der Waals surface area (Å²) in [6.07, 6.45) is 5.63. The van der Waals surface area contributed by atoms with Gasteiger partial charge in [-0.05, 0) is 192 Å². The summed E-state index contributed by atoms with van der Waals surface area (Å²) in [4.78, 5) is 70.7. The summed E-state index contributed by atoms with van der Waals surface area (Å²) in [5.74, 6) is -0.435. The van der Waals surface area contributed by atoms with Crippen LogP contribution in [0.3, 0.4) is 0 Å². The minimum Gasteiger partial charge on any atom is -0.381 e. The van der Waals surface area contributed by atoms with Gasteiger partial charge < -0.3 is 50.1 Å². The number of carbonyl (C=O) groups is 2. The average Bonchev–Trinajstić information content (AvgIpc) is 3.57. The van der Waals surface area contributed by atoms with E-state index in [1.54, 1.807) is 0 Å². The Morgan fingerprint density at radius 2 is 1.20 bits per heavy atom. The zero-order chi connectivity index (χ0) is 57.3. The Labute approximate surface area is 478 Å². The van der Waals surface area contributed by atoms with Crippen molar-refractivity contribution in [3.05, 3.63) is 173 Å². The van der Waals surface area contributed by atoms with E-state index in [0.717, 1.165) is 165 Å². The molecule has 2 aliphatic heterocycles. The van der Waals surface area contributed by atoms with E-state index in [0.29, 0.717) is 34.8 Å². The number of benzene rings is 4. The van der Waals surface area contributed by atoms with Gasteiger partial charge in [0, 0.05) is 136 Å². The smallest absolute Gasteiger partial charge is 0.253 e. The first-order chi connectivity index (χ1) is 39.0. The Hall–Kier alpha value is -6.88. The van der Waals surface area contributed by atoms with Crippen molar-refractivity contribution < 1.29 is 19.1 Å². The molecule has 5 N–H and O–H groups in total. The van der Waals surface area contributed by atoms with Crippen molar-refractivity contribution in [1.82, 2.24) is 35.7 Å². The molecule has 0 bridgehead atoms. The minimum atomic E-state index is -0.223. The van der Waals surface area contributed by atoms with Crippen molar-refractivity contribution >= 4 is 23.2 Å². The van der Waals surface area contributed by atoms with Crippen molar-refractivity contribution in [3.63, 3.8) is 0 Å². The lowest BCUT2D eigenvalue weighted by Gasteiger charge is -2.37. The molecule has 2 saturated heterocycles. The zero-order valence-corrected chi connectivity index (χ0v) is 49.3. The third kappa shape index (κ3) is 14.4. The molecule has 0 unspecified atom stereocenters. The molecule has 81 heavy (non-hydrogen) atoms. The molecule has 0 atom stereocenters. The lowest BCUT2D eigenvalue weighted by molar-refractivity contribution is 0.0342. The maximum absolute atomic E-state index is 14.4. The molecule has 2 aromatic heterocycles. The van der Waals surface area contributed by atoms with E-state index < -0.39 is 0 Å². The summed E-state index contributed by atoms with van der Waals surface area (Å²) in [5.41, 5.74) is 15.5. The maximum atomic E-state index is 14.4. The summed E-state index contributed by atoms with van der Waals surface area (Å²) in [5, 5.41) is 9.96. The summed E-state index contributed by atoms with van der Waals surface area (Å²) in [6.45, 7) is 19.9. The molecule has 3 aliphatic rings. The van der Waals surface area contributed by atoms with Crippen LogP contribution in [0.2, 0.25) is 0 Å². The van der Waals surface area contributed by atoms with Gasteiger partial charge in [0.15, 0.2) is 0 Å². The fourth-order valence-corrected chi connectivity index (χ4v) is 12.4. The summed E-state index contributed by atoms with van der Waals surface area (Å²) < 4.78 is 11.4. The standard InChI is InChI=1S/C66H85N9O6/c1-10-75(56-22-26-80-27-23-56)62-36-52(50-13-11-12-48(32-50)41-74-24-28-81-29-25-74)34-58(46(62)6)64(77)69-39-60-43(3)31-54(71-66(60)79)37-67-53-18-20-55(21-19-53)73(9)61-35-51(49-16-14-47(15-17-49)40-72(7)8)33-57(45(61)5)63(76)68-38-59-42(2)30-44(4)70-65(59)78/h11-17,30-36,53,55-56,67H,10,18-29,37-41H2,1-9H3,(H,68,76)(H,69,77)(H,70,78)(H,71,79). The number of hydrogen-bond acceptors (Lipinski definition) is 11. The maximum Gasteiger partial charge on any atom is 0.253 e. The van der Waals surface area contributed by atoms with Gasteiger partial charge in [-0.2, -0.15) is 0 Å². The van der Waals surface area contributed by atoms with Crippen LogP contribution in [0.25, 0.3) is 22.3 Å². The van der Waals surface area contributed by atoms with Crippen LogP contribution < -0.4 is 36.9 Å². The van der Waals surface area contributed by atoms with Gasteiger partial charge in [0.25, 0.3) is 22.9 Å². The number of aromatic nitrogens is 2. The van der Waals surface area contributed by atoms with Gasteiger partial charge >= 0.3 is 0 Å². The Bertz CT molecular complexity index is 3290. The summed E-state index contributed by atoms with van der Waals surface area (Å²) >= 11 is 0. The van der Waals surface area contributed by atoms with E-state index in [-0.39, 0.29) is 48.1 Å². The fourth-order valence-electron chi connectivity index (χ4n) is 12.4. The Kier molecular flexibility index (Phi) is 19.4. The Morgan fingerprint density at radius 1 is 0.605 bits per heavy atom.